The van der Waals surface area contributed by atoms with Gasteiger partial charge in [-0.25, -0.2) is 4.99 Å². The minimum Gasteiger partial charge on any atom is -0.383 e. The van der Waals surface area contributed by atoms with Crippen molar-refractivity contribution in [2.24, 2.45) is 4.99 Å². The molecule has 1 aliphatic rings. The first kappa shape index (κ1) is 26.8. The fraction of sp³-hybridized carbons (Fsp3) is 0.650. The molecule has 0 saturated carbocycles. The van der Waals surface area contributed by atoms with E-state index >= 15 is 0 Å². The smallest absolute Gasteiger partial charge is 0.383 e. The number of methoxy groups -OCH3 is 1. The third-order valence-electron chi connectivity index (χ3n) is 4.97. The van der Waals surface area contributed by atoms with E-state index in [-0.39, 0.29) is 24.0 Å². The lowest BCUT2D eigenvalue weighted by atomic mass is 10.2. The van der Waals surface area contributed by atoms with Gasteiger partial charge in [0.05, 0.1) is 13.2 Å². The Balaban J connectivity index is 0.00000450. The third kappa shape index (κ3) is 8.46. The molecule has 1 heterocycles. The second-order valence-electron chi connectivity index (χ2n) is 7.03. The molecule has 172 valence electrons. The van der Waals surface area contributed by atoms with Crippen molar-refractivity contribution in [3.63, 3.8) is 0 Å². The predicted molar refractivity (Wildman–Crippen MR) is 126 cm³/mol. The number of hydrogen-bond acceptors (Lipinski definition) is 4. The molecular weight excluding hydrogens is 510 g/mol. The van der Waals surface area contributed by atoms with E-state index in [2.05, 4.69) is 15.6 Å². The predicted octanol–water partition coefficient (Wildman–Crippen LogP) is 3.40. The van der Waals surface area contributed by atoms with Gasteiger partial charge in [-0.15, -0.1) is 24.0 Å². The summed E-state index contributed by atoms with van der Waals surface area (Å²) in [6.07, 6.45) is -4.19. The lowest BCUT2D eigenvalue weighted by molar-refractivity contribution is -0.181. The Kier molecular flexibility index (Phi) is 11.8. The number of piperazine rings is 1. The Bertz CT molecular complexity index is 634. The molecule has 6 nitrogen and oxygen atoms in total. The van der Waals surface area contributed by atoms with Crippen LogP contribution in [0.4, 0.5) is 18.9 Å². The van der Waals surface area contributed by atoms with E-state index < -0.39 is 12.2 Å². The Morgan fingerprint density at radius 3 is 2.33 bits per heavy atom. The number of hydrogen-bond donors (Lipinski definition) is 2. The highest BCUT2D eigenvalue weighted by Crippen LogP contribution is 2.25. The van der Waals surface area contributed by atoms with E-state index in [1.807, 2.05) is 36.1 Å². The second kappa shape index (κ2) is 13.2. The van der Waals surface area contributed by atoms with Crippen molar-refractivity contribution in [2.75, 3.05) is 58.3 Å². The number of guanidine groups is 1. The number of rotatable bonds is 8. The standard InChI is InChI=1S/C20H32F3N5O.HI/c1-4-24-19(28-12-10-27(11-13-28)16(2)20(21,22)23)26-15-17-5-7-18(8-6-17)25-9-14-29-3;/h5-8,16,25H,4,9-15H2,1-3H3,(H,24,26);1H. The molecule has 0 bridgehead atoms. The van der Waals surface area contributed by atoms with Crippen LogP contribution in [0, 0.1) is 0 Å². The monoisotopic (exact) mass is 543 g/mol. The molecule has 0 aromatic heterocycles. The summed E-state index contributed by atoms with van der Waals surface area (Å²) in [5.74, 6) is 0.745. The SMILES string of the molecule is CCNC(=NCc1ccc(NCCOC)cc1)N1CCN(C(C)C(F)(F)F)CC1.I. The fourth-order valence-corrected chi connectivity index (χ4v) is 3.15. The molecule has 1 saturated heterocycles. The minimum atomic E-state index is -4.19. The van der Waals surface area contributed by atoms with Gasteiger partial charge < -0.3 is 20.3 Å². The number of anilines is 1. The third-order valence-corrected chi connectivity index (χ3v) is 4.97. The normalized spacial score (nSPS) is 16.7. The lowest BCUT2D eigenvalue weighted by Crippen LogP contribution is -2.56. The average molecular weight is 543 g/mol. The van der Waals surface area contributed by atoms with Crippen molar-refractivity contribution < 1.29 is 17.9 Å². The molecule has 30 heavy (non-hydrogen) atoms. The van der Waals surface area contributed by atoms with E-state index in [1.165, 1.54) is 11.8 Å². The van der Waals surface area contributed by atoms with E-state index in [0.717, 1.165) is 23.8 Å². The van der Waals surface area contributed by atoms with E-state index in [0.29, 0.717) is 45.9 Å². The van der Waals surface area contributed by atoms with Crippen molar-refractivity contribution in [3.05, 3.63) is 29.8 Å². The summed E-state index contributed by atoms with van der Waals surface area (Å²) in [5.41, 5.74) is 2.10. The van der Waals surface area contributed by atoms with Gasteiger partial charge in [0.1, 0.15) is 6.04 Å². The second-order valence-corrected chi connectivity index (χ2v) is 7.03. The van der Waals surface area contributed by atoms with Gasteiger partial charge in [0, 0.05) is 52.1 Å². The Morgan fingerprint density at radius 2 is 1.80 bits per heavy atom. The van der Waals surface area contributed by atoms with Crippen molar-refractivity contribution in [1.82, 2.24) is 15.1 Å². The first-order chi connectivity index (χ1) is 13.8. The van der Waals surface area contributed by atoms with Gasteiger partial charge in [-0.1, -0.05) is 12.1 Å². The molecule has 0 radical (unpaired) electrons. The molecule has 2 N–H and O–H groups in total. The van der Waals surface area contributed by atoms with E-state index in [1.54, 1.807) is 7.11 Å². The number of nitrogens with zero attached hydrogens (tertiary/aromatic N) is 3. The molecule has 0 aliphatic carbocycles. The summed E-state index contributed by atoms with van der Waals surface area (Å²) in [7, 11) is 1.67. The summed E-state index contributed by atoms with van der Waals surface area (Å²) in [4.78, 5) is 8.19. The van der Waals surface area contributed by atoms with Gasteiger partial charge in [0.15, 0.2) is 5.96 Å². The van der Waals surface area contributed by atoms with Gasteiger partial charge in [-0.05, 0) is 31.5 Å². The lowest BCUT2D eigenvalue weighted by Gasteiger charge is -2.39. The Labute approximate surface area is 194 Å². The zero-order chi connectivity index (χ0) is 21.3. The van der Waals surface area contributed by atoms with Crippen molar-refractivity contribution in [1.29, 1.82) is 0 Å². The number of nitrogens with one attached hydrogen (secondary N) is 2. The average Bonchev–Trinajstić information content (AvgIpc) is 2.71. The molecule has 0 amide bonds. The summed E-state index contributed by atoms with van der Waals surface area (Å²) in [5, 5.41) is 6.52. The molecule has 2 rings (SSSR count). The van der Waals surface area contributed by atoms with Crippen molar-refractivity contribution in [3.8, 4) is 0 Å². The highest BCUT2D eigenvalue weighted by molar-refractivity contribution is 14.0. The van der Waals surface area contributed by atoms with Crippen LogP contribution >= 0.6 is 24.0 Å². The molecule has 1 aromatic rings. The molecule has 1 aliphatic heterocycles. The highest BCUT2D eigenvalue weighted by atomic mass is 127. The van der Waals surface area contributed by atoms with Crippen molar-refractivity contribution in [2.45, 2.75) is 32.6 Å². The van der Waals surface area contributed by atoms with Gasteiger partial charge in [-0.2, -0.15) is 13.2 Å². The fourth-order valence-electron chi connectivity index (χ4n) is 3.15. The number of ether oxygens (including phenoxy) is 1. The van der Waals surface area contributed by atoms with E-state index in [9.17, 15) is 13.2 Å². The molecule has 1 atom stereocenters. The molecule has 1 unspecified atom stereocenters. The van der Waals surface area contributed by atoms with Crippen LogP contribution in [-0.2, 0) is 11.3 Å². The van der Waals surface area contributed by atoms with Crippen LogP contribution < -0.4 is 10.6 Å². The Morgan fingerprint density at radius 1 is 1.17 bits per heavy atom. The summed E-state index contributed by atoms with van der Waals surface area (Å²) >= 11 is 0. The summed E-state index contributed by atoms with van der Waals surface area (Å²) in [6.45, 7) is 7.61. The molecule has 1 fully saturated rings. The topological polar surface area (TPSA) is 52.1 Å². The molecular formula is C20H33F3IN5O. The number of benzene rings is 1. The van der Waals surface area contributed by atoms with Crippen LogP contribution in [-0.4, -0.2) is 81.0 Å². The largest absolute Gasteiger partial charge is 0.403 e. The van der Waals surface area contributed by atoms with Gasteiger partial charge in [-0.3, -0.25) is 4.90 Å². The first-order valence-corrected chi connectivity index (χ1v) is 10.0. The zero-order valence-corrected chi connectivity index (χ0v) is 20.2. The van der Waals surface area contributed by atoms with Crippen LogP contribution in [0.2, 0.25) is 0 Å². The maximum atomic E-state index is 12.9. The maximum Gasteiger partial charge on any atom is 0.403 e. The van der Waals surface area contributed by atoms with Crippen LogP contribution in [0.5, 0.6) is 0 Å². The summed E-state index contributed by atoms with van der Waals surface area (Å²) < 4.78 is 43.8. The number of alkyl halides is 3. The van der Waals surface area contributed by atoms with Crippen LogP contribution in [0.15, 0.2) is 29.3 Å². The molecule has 10 heteroatoms. The summed E-state index contributed by atoms with van der Waals surface area (Å²) in [6, 6.07) is 6.63. The number of halogens is 4. The van der Waals surface area contributed by atoms with E-state index in [4.69, 9.17) is 4.74 Å². The first-order valence-electron chi connectivity index (χ1n) is 10.0. The zero-order valence-electron chi connectivity index (χ0n) is 17.8. The maximum absolute atomic E-state index is 12.9. The van der Waals surface area contributed by atoms with Crippen molar-refractivity contribution >= 4 is 35.6 Å². The molecule has 0 spiro atoms. The quantitative estimate of drug-likeness (QED) is 0.228. The van der Waals surface area contributed by atoms with Crippen LogP contribution in [0.1, 0.15) is 19.4 Å². The van der Waals surface area contributed by atoms with Gasteiger partial charge in [0.2, 0.25) is 0 Å². The van der Waals surface area contributed by atoms with Crippen LogP contribution in [0.25, 0.3) is 0 Å². The van der Waals surface area contributed by atoms with Gasteiger partial charge >= 0.3 is 6.18 Å². The number of aliphatic imine (C=N–C) groups is 1. The highest BCUT2D eigenvalue weighted by Gasteiger charge is 2.41. The minimum absolute atomic E-state index is 0. The van der Waals surface area contributed by atoms with Crippen LogP contribution in [0.3, 0.4) is 0 Å². The Hall–Kier alpha value is -1.27. The van der Waals surface area contributed by atoms with Gasteiger partial charge in [0.25, 0.3) is 0 Å². The molecule has 1 aromatic carbocycles.